The van der Waals surface area contributed by atoms with E-state index in [1.807, 2.05) is 43.6 Å². The molecule has 0 aliphatic heterocycles. The minimum atomic E-state index is 0.195. The van der Waals surface area contributed by atoms with Gasteiger partial charge in [0.05, 0.1) is 12.4 Å². The molecule has 100 valence electrons. The van der Waals surface area contributed by atoms with Gasteiger partial charge in [0.1, 0.15) is 5.69 Å². The van der Waals surface area contributed by atoms with Gasteiger partial charge >= 0.3 is 0 Å². The summed E-state index contributed by atoms with van der Waals surface area (Å²) in [5.74, 6) is 0.195. The van der Waals surface area contributed by atoms with Crippen molar-refractivity contribution < 1.29 is 0 Å². The zero-order chi connectivity index (χ0) is 13.7. The second-order valence-corrected chi connectivity index (χ2v) is 4.42. The first kappa shape index (κ1) is 13.1. The van der Waals surface area contributed by atoms with Crippen LogP contribution < -0.4 is 10.6 Å². The number of amidine groups is 1. The van der Waals surface area contributed by atoms with Crippen LogP contribution in [0.5, 0.6) is 0 Å². The molecule has 0 bridgehead atoms. The Bertz CT molecular complexity index is 533. The van der Waals surface area contributed by atoms with Crippen LogP contribution in [0.3, 0.4) is 0 Å². The molecule has 0 unspecified atom stereocenters. The maximum atomic E-state index is 7.35. The summed E-state index contributed by atoms with van der Waals surface area (Å²) in [6.45, 7) is 1.35. The number of aromatic nitrogens is 3. The van der Waals surface area contributed by atoms with E-state index in [4.69, 9.17) is 11.1 Å². The number of aryl methyl sites for hydroxylation is 1. The predicted octanol–water partition coefficient (Wildman–Crippen LogP) is 1.15. The van der Waals surface area contributed by atoms with Gasteiger partial charge in [-0.25, -0.2) is 0 Å². The zero-order valence-electron chi connectivity index (χ0n) is 11.0. The molecular weight excluding hydrogens is 240 g/mol. The lowest BCUT2D eigenvalue weighted by atomic mass is 10.2. The minimum absolute atomic E-state index is 0.195. The van der Waals surface area contributed by atoms with Gasteiger partial charge in [0, 0.05) is 31.9 Å². The van der Waals surface area contributed by atoms with Crippen molar-refractivity contribution in [3.05, 3.63) is 42.2 Å². The number of benzene rings is 1. The summed E-state index contributed by atoms with van der Waals surface area (Å²) >= 11 is 0. The topological polar surface area (TPSA) is 83.8 Å². The summed E-state index contributed by atoms with van der Waals surface area (Å²) in [4.78, 5) is 2.14. The van der Waals surface area contributed by atoms with E-state index in [9.17, 15) is 0 Å². The van der Waals surface area contributed by atoms with E-state index in [2.05, 4.69) is 15.2 Å². The molecule has 0 amide bonds. The fourth-order valence-electron chi connectivity index (χ4n) is 1.86. The van der Waals surface area contributed by atoms with Crippen molar-refractivity contribution in [1.82, 2.24) is 15.0 Å². The maximum absolute atomic E-state index is 7.35. The first-order chi connectivity index (χ1) is 9.15. The standard InChI is InChI=1S/C13H18N6/c1-18-9-11(16-17-18)10-19(8-7-13(14)15)12-5-3-2-4-6-12/h2-6,9H,7-8,10H2,1H3,(H3,14,15). The molecule has 0 saturated carbocycles. The van der Waals surface area contributed by atoms with Gasteiger partial charge in [0.25, 0.3) is 0 Å². The molecule has 0 aliphatic carbocycles. The average Bonchev–Trinajstić information content (AvgIpc) is 2.81. The molecule has 1 heterocycles. The molecule has 1 aromatic heterocycles. The first-order valence-electron chi connectivity index (χ1n) is 6.13. The van der Waals surface area contributed by atoms with Crippen LogP contribution in [0.4, 0.5) is 5.69 Å². The van der Waals surface area contributed by atoms with Crippen molar-refractivity contribution in [3.63, 3.8) is 0 Å². The summed E-state index contributed by atoms with van der Waals surface area (Å²) in [5.41, 5.74) is 7.43. The zero-order valence-corrected chi connectivity index (χ0v) is 11.0. The van der Waals surface area contributed by atoms with Gasteiger partial charge in [-0.1, -0.05) is 23.4 Å². The van der Waals surface area contributed by atoms with E-state index in [1.54, 1.807) is 4.68 Å². The smallest absolute Gasteiger partial charge is 0.102 e. The van der Waals surface area contributed by atoms with Crippen LogP contribution in [0.1, 0.15) is 12.1 Å². The summed E-state index contributed by atoms with van der Waals surface area (Å²) in [6, 6.07) is 10.0. The highest BCUT2D eigenvalue weighted by molar-refractivity contribution is 5.77. The van der Waals surface area contributed by atoms with Crippen molar-refractivity contribution >= 4 is 11.5 Å². The fourth-order valence-corrected chi connectivity index (χ4v) is 1.86. The first-order valence-corrected chi connectivity index (χ1v) is 6.13. The van der Waals surface area contributed by atoms with Crippen molar-refractivity contribution in [2.75, 3.05) is 11.4 Å². The molecule has 0 spiro atoms. The maximum Gasteiger partial charge on any atom is 0.102 e. The molecule has 0 saturated heterocycles. The number of nitrogens with two attached hydrogens (primary N) is 1. The van der Waals surface area contributed by atoms with E-state index >= 15 is 0 Å². The van der Waals surface area contributed by atoms with Crippen molar-refractivity contribution in [3.8, 4) is 0 Å². The number of hydrogen-bond donors (Lipinski definition) is 2. The Morgan fingerprint density at radius 3 is 2.68 bits per heavy atom. The largest absolute Gasteiger partial charge is 0.388 e. The minimum Gasteiger partial charge on any atom is -0.388 e. The van der Waals surface area contributed by atoms with Gasteiger partial charge in [0.15, 0.2) is 0 Å². The fraction of sp³-hybridized carbons (Fsp3) is 0.308. The lowest BCUT2D eigenvalue weighted by Gasteiger charge is -2.23. The Morgan fingerprint density at radius 1 is 1.37 bits per heavy atom. The average molecular weight is 258 g/mol. The number of hydrogen-bond acceptors (Lipinski definition) is 4. The Balaban J connectivity index is 2.12. The van der Waals surface area contributed by atoms with Crippen molar-refractivity contribution in [2.45, 2.75) is 13.0 Å². The Kier molecular flexibility index (Phi) is 4.12. The molecule has 2 aromatic rings. The van der Waals surface area contributed by atoms with Gasteiger partial charge in [-0.3, -0.25) is 10.1 Å². The van der Waals surface area contributed by atoms with Gasteiger partial charge in [0.2, 0.25) is 0 Å². The number of nitrogens with one attached hydrogen (secondary N) is 1. The van der Waals surface area contributed by atoms with Crippen LogP contribution in [0, 0.1) is 5.41 Å². The van der Waals surface area contributed by atoms with Crippen LogP contribution in [-0.2, 0) is 13.6 Å². The molecule has 2 rings (SSSR count). The Labute approximate surface area is 112 Å². The van der Waals surface area contributed by atoms with Crippen LogP contribution in [-0.4, -0.2) is 27.4 Å². The SMILES string of the molecule is Cn1cc(CN(CCC(=N)N)c2ccccc2)nn1. The quantitative estimate of drug-likeness (QED) is 0.601. The predicted molar refractivity (Wildman–Crippen MR) is 75.0 cm³/mol. The molecule has 1 aromatic carbocycles. The third-order valence-corrected chi connectivity index (χ3v) is 2.78. The highest BCUT2D eigenvalue weighted by Gasteiger charge is 2.09. The van der Waals surface area contributed by atoms with Crippen LogP contribution in [0.15, 0.2) is 36.5 Å². The molecule has 0 radical (unpaired) electrons. The van der Waals surface area contributed by atoms with Crippen molar-refractivity contribution in [2.24, 2.45) is 12.8 Å². The third-order valence-electron chi connectivity index (χ3n) is 2.78. The lowest BCUT2D eigenvalue weighted by molar-refractivity contribution is 0.711. The molecule has 3 N–H and O–H groups in total. The van der Waals surface area contributed by atoms with Gasteiger partial charge in [-0.15, -0.1) is 5.10 Å². The number of nitrogens with zero attached hydrogens (tertiary/aromatic N) is 4. The second-order valence-electron chi connectivity index (χ2n) is 4.42. The van der Waals surface area contributed by atoms with E-state index in [0.717, 1.165) is 11.4 Å². The Morgan fingerprint density at radius 2 is 2.11 bits per heavy atom. The molecule has 6 nitrogen and oxygen atoms in total. The van der Waals surface area contributed by atoms with E-state index in [1.165, 1.54) is 0 Å². The summed E-state index contributed by atoms with van der Waals surface area (Å²) < 4.78 is 1.68. The van der Waals surface area contributed by atoms with Crippen LogP contribution in [0.25, 0.3) is 0 Å². The van der Waals surface area contributed by atoms with Crippen molar-refractivity contribution in [1.29, 1.82) is 5.41 Å². The van der Waals surface area contributed by atoms with Gasteiger partial charge in [-0.05, 0) is 12.1 Å². The summed E-state index contributed by atoms with van der Waals surface area (Å²) in [7, 11) is 1.85. The van der Waals surface area contributed by atoms with Gasteiger partial charge < -0.3 is 10.6 Å². The molecule has 0 atom stereocenters. The summed E-state index contributed by atoms with van der Waals surface area (Å²) in [5, 5.41) is 15.4. The van der Waals surface area contributed by atoms with E-state index in [0.29, 0.717) is 19.5 Å². The normalized spacial score (nSPS) is 10.4. The van der Waals surface area contributed by atoms with E-state index in [-0.39, 0.29) is 5.84 Å². The monoisotopic (exact) mass is 258 g/mol. The molecule has 0 aliphatic rings. The highest BCUT2D eigenvalue weighted by Crippen LogP contribution is 2.16. The van der Waals surface area contributed by atoms with E-state index < -0.39 is 0 Å². The molecule has 19 heavy (non-hydrogen) atoms. The lowest BCUT2D eigenvalue weighted by Crippen LogP contribution is -2.27. The highest BCUT2D eigenvalue weighted by atomic mass is 15.4. The second kappa shape index (κ2) is 5.99. The van der Waals surface area contributed by atoms with Gasteiger partial charge in [-0.2, -0.15) is 0 Å². The Hall–Kier alpha value is -2.37. The summed E-state index contributed by atoms with van der Waals surface area (Å²) in [6.07, 6.45) is 2.43. The molecule has 6 heteroatoms. The third kappa shape index (κ3) is 3.80. The number of para-hydroxylation sites is 1. The number of anilines is 1. The number of rotatable bonds is 6. The van der Waals surface area contributed by atoms with Crippen LogP contribution >= 0.6 is 0 Å². The molecule has 0 fully saturated rings. The van der Waals surface area contributed by atoms with Crippen LogP contribution in [0.2, 0.25) is 0 Å². The molecular formula is C13H18N6.